The fourth-order valence-electron chi connectivity index (χ4n) is 2.69. The van der Waals surface area contributed by atoms with E-state index in [2.05, 4.69) is 0 Å². The lowest BCUT2D eigenvalue weighted by molar-refractivity contribution is -0.195. The van der Waals surface area contributed by atoms with Gasteiger partial charge in [0.05, 0.1) is 6.61 Å². The van der Waals surface area contributed by atoms with Gasteiger partial charge in [-0.1, -0.05) is 36.4 Å². The Balaban J connectivity index is 1.52. The zero-order valence-electron chi connectivity index (χ0n) is 14.5. The number of phenols is 1. The van der Waals surface area contributed by atoms with E-state index < -0.39 is 18.2 Å². The fraction of sp³-hybridized carbons (Fsp3) is 0.238. The quantitative estimate of drug-likeness (QED) is 0.496. The van der Waals surface area contributed by atoms with Crippen LogP contribution in [0.2, 0.25) is 0 Å². The molecule has 1 N–H and O–H groups in total. The number of hydrogen-bond acceptors (Lipinski definition) is 6. The summed E-state index contributed by atoms with van der Waals surface area (Å²) in [5, 5.41) is 9.91. The molecule has 0 atom stereocenters. The molecule has 27 heavy (non-hydrogen) atoms. The minimum Gasteiger partial charge on any atom is -0.504 e. The van der Waals surface area contributed by atoms with Crippen LogP contribution in [0.1, 0.15) is 30.3 Å². The van der Waals surface area contributed by atoms with E-state index in [0.717, 1.165) is 12.8 Å². The molecule has 0 spiro atoms. The highest BCUT2D eigenvalue weighted by Crippen LogP contribution is 2.34. The van der Waals surface area contributed by atoms with E-state index in [0.29, 0.717) is 29.4 Å². The Morgan fingerprint density at radius 3 is 2.41 bits per heavy atom. The average molecular weight is 366 g/mol. The Kier molecular flexibility index (Phi) is 4.54. The van der Waals surface area contributed by atoms with E-state index in [4.69, 9.17) is 14.2 Å². The van der Waals surface area contributed by atoms with Gasteiger partial charge in [-0.3, -0.25) is 0 Å². The monoisotopic (exact) mass is 366 g/mol. The van der Waals surface area contributed by atoms with Crippen molar-refractivity contribution in [1.82, 2.24) is 0 Å². The van der Waals surface area contributed by atoms with Gasteiger partial charge in [-0.15, -0.1) is 0 Å². The van der Waals surface area contributed by atoms with Gasteiger partial charge in [0.25, 0.3) is 6.29 Å². The van der Waals surface area contributed by atoms with Crippen molar-refractivity contribution in [3.8, 4) is 11.5 Å². The number of rotatable bonds is 5. The molecular weight excluding hydrogens is 348 g/mol. The van der Waals surface area contributed by atoms with Crippen LogP contribution < -0.4 is 4.74 Å². The van der Waals surface area contributed by atoms with E-state index in [9.17, 15) is 14.7 Å². The minimum atomic E-state index is -1.05. The van der Waals surface area contributed by atoms with Crippen molar-refractivity contribution in [2.24, 2.45) is 5.92 Å². The van der Waals surface area contributed by atoms with E-state index in [1.54, 1.807) is 36.4 Å². The smallest absolute Gasteiger partial charge is 0.348 e. The molecule has 0 amide bonds. The lowest BCUT2D eigenvalue weighted by Crippen LogP contribution is -2.29. The van der Waals surface area contributed by atoms with Gasteiger partial charge in [0.2, 0.25) is 0 Å². The third-order valence-corrected chi connectivity index (χ3v) is 4.41. The second kappa shape index (κ2) is 7.15. The molecule has 6 heteroatoms. The lowest BCUT2D eigenvalue weighted by atomic mass is 10.1. The van der Waals surface area contributed by atoms with Crippen LogP contribution in [-0.4, -0.2) is 23.7 Å². The summed E-state index contributed by atoms with van der Waals surface area (Å²) in [5.74, 6) is -0.654. The van der Waals surface area contributed by atoms with Gasteiger partial charge >= 0.3 is 11.9 Å². The number of esters is 2. The molecule has 1 aliphatic carbocycles. The van der Waals surface area contributed by atoms with E-state index >= 15 is 0 Å². The van der Waals surface area contributed by atoms with E-state index in [1.807, 2.05) is 6.07 Å². The van der Waals surface area contributed by atoms with Crippen LogP contribution in [0.5, 0.6) is 11.5 Å². The molecule has 2 aromatic rings. The van der Waals surface area contributed by atoms with Crippen LogP contribution in [0.4, 0.5) is 0 Å². The maximum Gasteiger partial charge on any atom is 0.348 e. The summed E-state index contributed by atoms with van der Waals surface area (Å²) in [4.78, 5) is 24.6. The van der Waals surface area contributed by atoms with Crippen LogP contribution in [0, 0.1) is 5.92 Å². The second-order valence-electron chi connectivity index (χ2n) is 6.59. The number of carbonyl (C=O) groups excluding carboxylic acids is 2. The summed E-state index contributed by atoms with van der Waals surface area (Å²) in [6.07, 6.45) is 2.57. The van der Waals surface area contributed by atoms with Gasteiger partial charge in [-0.05, 0) is 42.5 Å². The zero-order chi connectivity index (χ0) is 18.8. The van der Waals surface area contributed by atoms with Gasteiger partial charge in [-0.2, -0.15) is 0 Å². The van der Waals surface area contributed by atoms with Crippen molar-refractivity contribution in [3.05, 3.63) is 65.2 Å². The third-order valence-electron chi connectivity index (χ3n) is 4.41. The fourth-order valence-corrected chi connectivity index (χ4v) is 2.69. The van der Waals surface area contributed by atoms with Crippen molar-refractivity contribution >= 4 is 18.0 Å². The number of benzene rings is 2. The first-order valence-electron chi connectivity index (χ1n) is 8.74. The zero-order valence-corrected chi connectivity index (χ0v) is 14.5. The molecule has 1 saturated heterocycles. The molecule has 2 fully saturated rings. The van der Waals surface area contributed by atoms with Crippen molar-refractivity contribution in [2.75, 3.05) is 6.61 Å². The molecule has 0 aromatic heterocycles. The Labute approximate surface area is 156 Å². The Morgan fingerprint density at radius 1 is 1.04 bits per heavy atom. The summed E-state index contributed by atoms with van der Waals surface area (Å²) in [6, 6.07) is 13.4. The number of cyclic esters (lactones) is 2. The molecular formula is C21H18O6. The Hall–Kier alpha value is -3.28. The molecule has 4 rings (SSSR count). The summed E-state index contributed by atoms with van der Waals surface area (Å²) in [6.45, 7) is 0.538. The van der Waals surface area contributed by atoms with Gasteiger partial charge < -0.3 is 19.3 Å². The summed E-state index contributed by atoms with van der Waals surface area (Å²) in [5.41, 5.74) is 0.903. The second-order valence-corrected chi connectivity index (χ2v) is 6.59. The third kappa shape index (κ3) is 3.95. The largest absolute Gasteiger partial charge is 0.504 e. The predicted molar refractivity (Wildman–Crippen MR) is 95.7 cm³/mol. The minimum absolute atomic E-state index is 0.00994. The number of hydrogen-bond donors (Lipinski definition) is 1. The Bertz CT molecular complexity index is 878. The van der Waals surface area contributed by atoms with Crippen LogP contribution in [-0.2, 0) is 19.1 Å². The standard InChI is InChI=1S/C21H18O6/c22-17-9-8-14(11-18(17)25-12-13-6-7-13)10-16-19(23)26-21(27-20(16)24)15-4-2-1-3-5-15/h1-5,8-11,13,21-22H,6-7,12H2. The van der Waals surface area contributed by atoms with Gasteiger partial charge in [0, 0.05) is 5.56 Å². The van der Waals surface area contributed by atoms with Crippen LogP contribution in [0.3, 0.4) is 0 Å². The molecule has 2 aromatic carbocycles. The maximum atomic E-state index is 12.3. The normalized spacial score (nSPS) is 19.3. The predicted octanol–water partition coefficient (Wildman–Crippen LogP) is 3.36. The van der Waals surface area contributed by atoms with Crippen molar-refractivity contribution < 1.29 is 28.9 Å². The SMILES string of the molecule is O=C1OC(c2ccccc2)OC(=O)C1=Cc1ccc(O)c(OCC2CC2)c1. The molecule has 1 aliphatic heterocycles. The molecule has 0 bridgehead atoms. The van der Waals surface area contributed by atoms with Crippen molar-refractivity contribution in [1.29, 1.82) is 0 Å². The molecule has 1 heterocycles. The van der Waals surface area contributed by atoms with Crippen LogP contribution in [0.25, 0.3) is 6.08 Å². The summed E-state index contributed by atoms with van der Waals surface area (Å²) < 4.78 is 16.1. The lowest BCUT2D eigenvalue weighted by Gasteiger charge is -2.24. The number of phenolic OH excluding ortho intramolecular Hbond substituents is 1. The first-order chi connectivity index (χ1) is 13.1. The molecule has 0 unspecified atom stereocenters. The van der Waals surface area contributed by atoms with Crippen molar-refractivity contribution in [2.45, 2.75) is 19.1 Å². The first kappa shape index (κ1) is 17.1. The van der Waals surface area contributed by atoms with Gasteiger partial charge in [0.15, 0.2) is 11.5 Å². The average Bonchev–Trinajstić information content (AvgIpc) is 3.50. The summed E-state index contributed by atoms with van der Waals surface area (Å²) >= 11 is 0. The maximum absolute atomic E-state index is 12.3. The van der Waals surface area contributed by atoms with E-state index in [1.165, 1.54) is 12.1 Å². The molecule has 0 radical (unpaired) electrons. The van der Waals surface area contributed by atoms with Crippen LogP contribution in [0.15, 0.2) is 54.1 Å². The highest BCUT2D eigenvalue weighted by Gasteiger charge is 2.34. The van der Waals surface area contributed by atoms with Crippen molar-refractivity contribution in [3.63, 3.8) is 0 Å². The van der Waals surface area contributed by atoms with Gasteiger partial charge in [-0.25, -0.2) is 9.59 Å². The molecule has 138 valence electrons. The van der Waals surface area contributed by atoms with Gasteiger partial charge in [0.1, 0.15) is 5.57 Å². The number of ether oxygens (including phenoxy) is 3. The molecule has 6 nitrogen and oxygen atoms in total. The highest BCUT2D eigenvalue weighted by molar-refractivity contribution is 6.18. The first-order valence-corrected chi connectivity index (χ1v) is 8.74. The number of carbonyl (C=O) groups is 2. The molecule has 2 aliphatic rings. The number of aromatic hydroxyl groups is 1. The molecule has 1 saturated carbocycles. The summed E-state index contributed by atoms with van der Waals surface area (Å²) in [7, 11) is 0. The van der Waals surface area contributed by atoms with E-state index in [-0.39, 0.29) is 11.3 Å². The Morgan fingerprint density at radius 2 is 1.74 bits per heavy atom. The highest BCUT2D eigenvalue weighted by atomic mass is 16.7. The topological polar surface area (TPSA) is 82.1 Å². The van der Waals surface area contributed by atoms with Crippen LogP contribution >= 0.6 is 0 Å².